The van der Waals surface area contributed by atoms with Crippen molar-refractivity contribution in [3.8, 4) is 5.75 Å². The minimum atomic E-state index is -1.74. The molecule has 0 bridgehead atoms. The molecule has 1 aliphatic heterocycles. The average Bonchev–Trinajstić information content (AvgIpc) is 2.89. The summed E-state index contributed by atoms with van der Waals surface area (Å²) in [6.45, 7) is 2.27. The largest absolute Gasteiger partial charge is 0.461 e. The first kappa shape index (κ1) is 32.1. The Balaban J connectivity index is 1.54. The molecule has 0 aromatic carbocycles. The summed E-state index contributed by atoms with van der Waals surface area (Å²) in [5.74, 6) is 0.224. The van der Waals surface area contributed by atoms with E-state index in [4.69, 9.17) is 19.1 Å². The van der Waals surface area contributed by atoms with E-state index in [0.29, 0.717) is 0 Å². The lowest BCUT2D eigenvalue weighted by Gasteiger charge is -2.39. The average molecular weight is 574 g/mol. The van der Waals surface area contributed by atoms with Gasteiger partial charge in [-0.3, -0.25) is 0 Å². The number of hydrogen-bond donors (Lipinski definition) is 4. The van der Waals surface area contributed by atoms with Crippen molar-refractivity contribution in [3.63, 3.8) is 0 Å². The molecule has 1 aliphatic rings. The molecule has 0 unspecified atom stereocenters. The molecule has 220 valence electrons. The summed E-state index contributed by atoms with van der Waals surface area (Å²) in [4.78, 5) is 16.3. The van der Waals surface area contributed by atoms with Crippen molar-refractivity contribution in [2.45, 2.75) is 44.6 Å². The van der Waals surface area contributed by atoms with Crippen LogP contribution in [0.25, 0.3) is 0 Å². The minimum Gasteiger partial charge on any atom is -0.461 e. The van der Waals surface area contributed by atoms with Crippen molar-refractivity contribution in [1.82, 2.24) is 0 Å². The van der Waals surface area contributed by atoms with Crippen LogP contribution in [0.5, 0.6) is 5.75 Å². The molecular weight excluding hydrogens is 556 g/mol. The van der Waals surface area contributed by atoms with E-state index in [1.165, 1.54) is 19.9 Å². The lowest BCUT2D eigenvalue weighted by atomic mass is 9.99. The van der Waals surface area contributed by atoms with Gasteiger partial charge in [-0.1, -0.05) is 0 Å². The zero-order valence-electron chi connectivity index (χ0n) is 18.5. The van der Waals surface area contributed by atoms with Crippen molar-refractivity contribution in [3.05, 3.63) is 27.8 Å². The molecule has 25 nitrogen and oxygen atoms in total. The van der Waals surface area contributed by atoms with E-state index in [9.17, 15) is 20.1 Å². The van der Waals surface area contributed by atoms with Crippen LogP contribution < -0.4 is 10.4 Å². The predicted molar refractivity (Wildman–Crippen MR) is 87.7 cm³/mol. The van der Waals surface area contributed by atoms with Gasteiger partial charge in [-0.25, -0.2) is 14.9 Å². The summed E-state index contributed by atoms with van der Waals surface area (Å²) in [6, 6.07) is 1.36. The Labute approximate surface area is 205 Å². The highest BCUT2D eigenvalue weighted by Crippen LogP contribution is 2.26. The predicted octanol–water partition coefficient (Wildman–Crippen LogP) is -2.16. The standard InChI is InChI=1S/C13H18O25/c1-5-3-7(6(2)12(17)20-5)21-13-11(16)10(15)9(14)8(22-13)4-19-24-26-28-30-32-34-36-38-37-35-33-31-29-27-25-23-18/h3,8-11,13-16,18H,4H2,1-2H3/t8-,9-,10+,11-,13-/m1/s1. The molecule has 38 heavy (non-hydrogen) atoms. The molecule has 1 saturated heterocycles. The van der Waals surface area contributed by atoms with Gasteiger partial charge in [0.25, 0.3) is 0 Å². The Morgan fingerprint density at radius 1 is 0.737 bits per heavy atom. The lowest BCUT2D eigenvalue weighted by molar-refractivity contribution is -0.889. The number of rotatable bonds is 20. The van der Waals surface area contributed by atoms with Gasteiger partial charge in [-0.05, 0) is 94.5 Å². The molecule has 4 N–H and O–H groups in total. The SMILES string of the molecule is Cc1cc(O[C@@H]2O[C@H](COOOOOOOOOOOOOOOOOO)[C@@H](O)[C@H](O)[C@H]2O)c(C)c(=O)o1. The maximum Gasteiger partial charge on any atom is 0.342 e. The summed E-state index contributed by atoms with van der Waals surface area (Å²) >= 11 is 0. The maximum atomic E-state index is 11.8. The van der Waals surface area contributed by atoms with E-state index in [1.807, 2.05) is 0 Å². The fraction of sp³-hybridized carbons (Fsp3) is 0.615. The minimum absolute atomic E-state index is 0.00990. The molecule has 0 aliphatic carbocycles. The number of aryl methyl sites for hydroxylation is 1. The summed E-state index contributed by atoms with van der Waals surface area (Å²) in [5.41, 5.74) is -0.615. The number of ether oxygens (including phenoxy) is 2. The molecule has 1 fully saturated rings. The second-order valence-electron chi connectivity index (χ2n) is 6.15. The normalized spacial score (nSPS) is 23.6. The van der Waals surface area contributed by atoms with Gasteiger partial charge in [-0.15, -0.1) is 0 Å². The zero-order chi connectivity index (χ0) is 27.8. The van der Waals surface area contributed by atoms with Crippen molar-refractivity contribution >= 4 is 0 Å². The third-order valence-corrected chi connectivity index (χ3v) is 3.88. The van der Waals surface area contributed by atoms with E-state index in [0.717, 1.165) is 0 Å². The number of aliphatic hydroxyl groups is 3. The second kappa shape index (κ2) is 18.2. The van der Waals surface area contributed by atoms with Crippen LogP contribution in [0.15, 0.2) is 15.3 Å². The first-order valence-electron chi connectivity index (χ1n) is 9.26. The van der Waals surface area contributed by atoms with Crippen LogP contribution in [-0.2, 0) is 90.2 Å². The van der Waals surface area contributed by atoms with Gasteiger partial charge in [0.1, 0.15) is 42.5 Å². The maximum absolute atomic E-state index is 11.8. The van der Waals surface area contributed by atoms with Crippen LogP contribution in [0.1, 0.15) is 11.3 Å². The molecule has 1 aromatic rings. The zero-order valence-corrected chi connectivity index (χ0v) is 18.5. The Morgan fingerprint density at radius 3 is 1.76 bits per heavy atom. The third kappa shape index (κ3) is 11.3. The third-order valence-electron chi connectivity index (χ3n) is 3.88. The van der Waals surface area contributed by atoms with E-state index in [-0.39, 0.29) is 17.1 Å². The van der Waals surface area contributed by atoms with Gasteiger partial charge in [0, 0.05) is 6.07 Å². The van der Waals surface area contributed by atoms with Crippen molar-refractivity contribution in [2.24, 2.45) is 0 Å². The van der Waals surface area contributed by atoms with Crippen LogP contribution in [0.4, 0.5) is 0 Å². The molecule has 0 saturated carbocycles. The summed E-state index contributed by atoms with van der Waals surface area (Å²) < 4.78 is 15.7. The molecule has 2 heterocycles. The van der Waals surface area contributed by atoms with Gasteiger partial charge in [-0.2, -0.15) is 0 Å². The van der Waals surface area contributed by atoms with Gasteiger partial charge >= 0.3 is 5.63 Å². The van der Waals surface area contributed by atoms with Gasteiger partial charge in [0.15, 0.2) is 0 Å². The molecule has 25 heteroatoms. The quantitative estimate of drug-likeness (QED) is 0.0732. The van der Waals surface area contributed by atoms with Gasteiger partial charge in [0.2, 0.25) is 6.29 Å². The van der Waals surface area contributed by atoms with E-state index >= 15 is 0 Å². The van der Waals surface area contributed by atoms with Crippen LogP contribution in [0.2, 0.25) is 0 Å². The van der Waals surface area contributed by atoms with Crippen LogP contribution in [-0.4, -0.2) is 57.9 Å². The topological polar surface area (TPSA) is 286 Å². The monoisotopic (exact) mass is 574 g/mol. The van der Waals surface area contributed by atoms with E-state index in [1.54, 1.807) is 0 Å². The fourth-order valence-corrected chi connectivity index (χ4v) is 2.32. The van der Waals surface area contributed by atoms with Crippen molar-refractivity contribution < 1.29 is 120 Å². The number of hydrogen-bond acceptors (Lipinski definition) is 25. The van der Waals surface area contributed by atoms with Crippen molar-refractivity contribution in [2.75, 3.05) is 6.61 Å². The lowest BCUT2D eigenvalue weighted by Crippen LogP contribution is -2.60. The summed E-state index contributed by atoms with van der Waals surface area (Å²) in [5, 5.41) is 94.6. The molecule has 2 rings (SSSR count). The molecule has 0 radical (unpaired) electrons. The van der Waals surface area contributed by atoms with Gasteiger partial charge in [0.05, 0.1) is 5.56 Å². The summed E-state index contributed by atoms with van der Waals surface area (Å²) in [6.07, 6.45) is -7.99. The molecule has 5 atom stereocenters. The molecule has 0 amide bonds. The first-order chi connectivity index (χ1) is 18.3. The van der Waals surface area contributed by atoms with E-state index < -0.39 is 42.9 Å². The summed E-state index contributed by atoms with van der Waals surface area (Å²) in [7, 11) is 0. The van der Waals surface area contributed by atoms with Crippen molar-refractivity contribution in [1.29, 1.82) is 0 Å². The highest BCUT2D eigenvalue weighted by Gasteiger charge is 2.45. The smallest absolute Gasteiger partial charge is 0.342 e. The first-order valence-corrected chi connectivity index (χ1v) is 9.26. The van der Waals surface area contributed by atoms with Crippen LogP contribution in [0, 0.1) is 13.8 Å². The highest BCUT2D eigenvalue weighted by atomic mass is 18.0. The highest BCUT2D eigenvalue weighted by molar-refractivity contribution is 5.30. The van der Waals surface area contributed by atoms with E-state index in [2.05, 4.69) is 85.5 Å². The number of aliphatic hydroxyl groups excluding tert-OH is 3. The van der Waals surface area contributed by atoms with Gasteiger partial charge < -0.3 is 29.2 Å². The molecule has 1 aromatic heterocycles. The Kier molecular flexibility index (Phi) is 15.4. The Bertz CT molecular complexity index is 817. The molecule has 0 spiro atoms. The van der Waals surface area contributed by atoms with Crippen LogP contribution in [0.3, 0.4) is 0 Å². The fourth-order valence-electron chi connectivity index (χ4n) is 2.32. The molecular formula is C13H18O25. The Morgan fingerprint density at radius 2 is 1.24 bits per heavy atom. The van der Waals surface area contributed by atoms with Crippen LogP contribution >= 0.6 is 0 Å². The Hall–Kier alpha value is -2.13. The second-order valence-corrected chi connectivity index (χ2v) is 6.15.